The monoisotopic (exact) mass is 369 g/mol. The van der Waals surface area contributed by atoms with Gasteiger partial charge in [-0.05, 0) is 37.0 Å². The van der Waals surface area contributed by atoms with Crippen molar-refractivity contribution in [3.8, 4) is 5.69 Å². The second-order valence-corrected chi connectivity index (χ2v) is 6.89. The molecule has 144 valence electrons. The molecule has 1 fully saturated rings. The average Bonchev–Trinajstić information content (AvgIpc) is 3.20. The summed E-state index contributed by atoms with van der Waals surface area (Å²) in [4.78, 5) is 26.5. The minimum Gasteiger partial charge on any atom is -0.355 e. The third kappa shape index (κ3) is 5.17. The molecule has 1 aromatic carbocycles. The number of para-hydroxylation sites is 1. The maximum atomic E-state index is 12.6. The fourth-order valence-corrected chi connectivity index (χ4v) is 3.38. The van der Waals surface area contributed by atoms with Crippen LogP contribution in [0.4, 0.5) is 0 Å². The molecule has 7 heteroatoms. The Morgan fingerprint density at radius 3 is 2.85 bits per heavy atom. The van der Waals surface area contributed by atoms with Crippen LogP contribution in [0, 0.1) is 5.92 Å². The molecule has 1 aliphatic heterocycles. The van der Waals surface area contributed by atoms with E-state index in [4.69, 9.17) is 5.73 Å². The lowest BCUT2D eigenvalue weighted by Gasteiger charge is -2.32. The predicted molar refractivity (Wildman–Crippen MR) is 103 cm³/mol. The molecule has 1 aromatic heterocycles. The van der Waals surface area contributed by atoms with Gasteiger partial charge in [-0.3, -0.25) is 9.59 Å². The van der Waals surface area contributed by atoms with Gasteiger partial charge in [0.1, 0.15) is 0 Å². The highest BCUT2D eigenvalue weighted by atomic mass is 16.2. The zero-order valence-electron chi connectivity index (χ0n) is 15.5. The lowest BCUT2D eigenvalue weighted by Crippen LogP contribution is -2.46. The molecule has 2 aromatic rings. The largest absolute Gasteiger partial charge is 0.355 e. The van der Waals surface area contributed by atoms with Gasteiger partial charge in [-0.2, -0.15) is 5.10 Å². The molecule has 1 saturated heterocycles. The van der Waals surface area contributed by atoms with Gasteiger partial charge in [-0.1, -0.05) is 18.2 Å². The van der Waals surface area contributed by atoms with E-state index in [1.165, 1.54) is 0 Å². The summed E-state index contributed by atoms with van der Waals surface area (Å²) in [6.45, 7) is 2.13. The third-order valence-electron chi connectivity index (χ3n) is 4.87. The summed E-state index contributed by atoms with van der Waals surface area (Å²) in [6.07, 6.45) is 6.52. The number of aryl methyl sites for hydroxylation is 1. The molecule has 2 amide bonds. The molecule has 2 heterocycles. The topological polar surface area (TPSA) is 93.2 Å². The fourth-order valence-electron chi connectivity index (χ4n) is 3.38. The zero-order valence-corrected chi connectivity index (χ0v) is 15.5. The summed E-state index contributed by atoms with van der Waals surface area (Å²) in [5, 5.41) is 7.19. The Kier molecular flexibility index (Phi) is 6.59. The van der Waals surface area contributed by atoms with E-state index in [0.29, 0.717) is 32.5 Å². The maximum Gasteiger partial charge on any atom is 0.224 e. The number of nitrogens with zero attached hydrogens (tertiary/aromatic N) is 3. The zero-order chi connectivity index (χ0) is 19.1. The molecule has 0 radical (unpaired) electrons. The molecule has 27 heavy (non-hydrogen) atoms. The van der Waals surface area contributed by atoms with Gasteiger partial charge in [0.05, 0.1) is 17.8 Å². The number of benzene rings is 1. The lowest BCUT2D eigenvalue weighted by atomic mass is 9.96. The molecule has 7 nitrogen and oxygen atoms in total. The highest BCUT2D eigenvalue weighted by Crippen LogP contribution is 2.18. The number of hydrogen-bond donors (Lipinski definition) is 2. The van der Waals surface area contributed by atoms with Gasteiger partial charge in [-0.25, -0.2) is 4.68 Å². The van der Waals surface area contributed by atoms with Crippen molar-refractivity contribution in [3.05, 3.63) is 48.3 Å². The van der Waals surface area contributed by atoms with Crippen molar-refractivity contribution >= 4 is 11.8 Å². The highest BCUT2D eigenvalue weighted by Gasteiger charge is 2.27. The van der Waals surface area contributed by atoms with Gasteiger partial charge in [0.2, 0.25) is 11.8 Å². The number of nitrogens with two attached hydrogens (primary N) is 1. The van der Waals surface area contributed by atoms with Gasteiger partial charge in [-0.15, -0.1) is 0 Å². The maximum absolute atomic E-state index is 12.6. The number of carbonyl (C=O) groups is 2. The number of likely N-dealkylation sites (tertiary alicyclic amines) is 1. The quantitative estimate of drug-likeness (QED) is 0.765. The van der Waals surface area contributed by atoms with Crippen molar-refractivity contribution in [3.63, 3.8) is 0 Å². The van der Waals surface area contributed by atoms with Crippen LogP contribution in [0.3, 0.4) is 0 Å². The number of hydrogen-bond acceptors (Lipinski definition) is 4. The molecule has 0 aliphatic carbocycles. The van der Waals surface area contributed by atoms with Crippen LogP contribution in [0.1, 0.15) is 24.8 Å². The van der Waals surface area contributed by atoms with Gasteiger partial charge >= 0.3 is 0 Å². The van der Waals surface area contributed by atoms with Crippen LogP contribution in [0.25, 0.3) is 5.69 Å². The Hall–Kier alpha value is -2.67. The molecule has 0 bridgehead atoms. The van der Waals surface area contributed by atoms with E-state index < -0.39 is 0 Å². The van der Waals surface area contributed by atoms with Crippen LogP contribution in [0.2, 0.25) is 0 Å². The van der Waals surface area contributed by atoms with Gasteiger partial charge in [0.25, 0.3) is 0 Å². The molecule has 0 spiro atoms. The number of carbonyl (C=O) groups excluding carboxylic acids is 2. The standard InChI is InChI=1S/C20H27N5O2/c21-10-11-22-20(27)17-5-4-12-24(15-17)19(26)9-8-16-13-23-25(14-16)18-6-2-1-3-7-18/h1-3,6-7,13-14,17H,4-5,8-12,15,21H2,(H,22,27). The second kappa shape index (κ2) is 9.32. The predicted octanol–water partition coefficient (Wildman–Crippen LogP) is 1.12. The summed E-state index contributed by atoms with van der Waals surface area (Å²) < 4.78 is 1.82. The van der Waals surface area contributed by atoms with Crippen molar-refractivity contribution in [2.24, 2.45) is 11.7 Å². The Bertz CT molecular complexity index is 759. The summed E-state index contributed by atoms with van der Waals surface area (Å²) >= 11 is 0. The van der Waals surface area contributed by atoms with Gasteiger partial charge < -0.3 is 16.0 Å². The summed E-state index contributed by atoms with van der Waals surface area (Å²) in [5.74, 6) is -0.0315. The van der Waals surface area contributed by atoms with E-state index in [-0.39, 0.29) is 17.7 Å². The Morgan fingerprint density at radius 1 is 1.26 bits per heavy atom. The van der Waals surface area contributed by atoms with Gasteiger partial charge in [0, 0.05) is 38.8 Å². The summed E-state index contributed by atoms with van der Waals surface area (Å²) in [6, 6.07) is 9.89. The second-order valence-electron chi connectivity index (χ2n) is 6.89. The van der Waals surface area contributed by atoms with Crippen molar-refractivity contribution in [2.45, 2.75) is 25.7 Å². The van der Waals surface area contributed by atoms with Crippen molar-refractivity contribution in [2.75, 3.05) is 26.2 Å². The van der Waals surface area contributed by atoms with Crippen molar-refractivity contribution in [1.29, 1.82) is 0 Å². The van der Waals surface area contributed by atoms with Crippen molar-refractivity contribution in [1.82, 2.24) is 20.0 Å². The Morgan fingerprint density at radius 2 is 2.07 bits per heavy atom. The highest BCUT2D eigenvalue weighted by molar-refractivity contribution is 5.81. The molecule has 1 unspecified atom stereocenters. The van der Waals surface area contributed by atoms with E-state index in [1.807, 2.05) is 46.1 Å². The molecular formula is C20H27N5O2. The summed E-state index contributed by atoms with van der Waals surface area (Å²) in [5.41, 5.74) is 7.46. The fraction of sp³-hybridized carbons (Fsp3) is 0.450. The third-order valence-corrected chi connectivity index (χ3v) is 4.87. The SMILES string of the molecule is NCCNC(=O)C1CCCN(C(=O)CCc2cnn(-c3ccccc3)c2)C1. The van der Waals surface area contributed by atoms with Crippen LogP contribution in [0.15, 0.2) is 42.7 Å². The first kappa shape index (κ1) is 19.1. The number of nitrogens with one attached hydrogen (secondary N) is 1. The number of aromatic nitrogens is 2. The van der Waals surface area contributed by atoms with Crippen LogP contribution in [-0.2, 0) is 16.0 Å². The minimum atomic E-state index is -0.130. The first-order chi connectivity index (χ1) is 13.2. The van der Waals surface area contributed by atoms with Crippen LogP contribution < -0.4 is 11.1 Å². The summed E-state index contributed by atoms with van der Waals surface area (Å²) in [7, 11) is 0. The molecule has 3 N–H and O–H groups in total. The van der Waals surface area contributed by atoms with Crippen molar-refractivity contribution < 1.29 is 9.59 Å². The van der Waals surface area contributed by atoms with Crippen LogP contribution in [-0.4, -0.2) is 52.7 Å². The smallest absolute Gasteiger partial charge is 0.224 e. The first-order valence-corrected chi connectivity index (χ1v) is 9.52. The Balaban J connectivity index is 1.50. The molecule has 1 aliphatic rings. The van der Waals surface area contributed by atoms with Crippen LogP contribution in [0.5, 0.6) is 0 Å². The van der Waals surface area contributed by atoms with E-state index in [1.54, 1.807) is 6.20 Å². The van der Waals surface area contributed by atoms with Gasteiger partial charge in [0.15, 0.2) is 0 Å². The molecule has 3 rings (SSSR count). The van der Waals surface area contributed by atoms with Crippen LogP contribution >= 0.6 is 0 Å². The molecule has 1 atom stereocenters. The number of amides is 2. The first-order valence-electron chi connectivity index (χ1n) is 9.52. The molecule has 0 saturated carbocycles. The lowest BCUT2D eigenvalue weighted by molar-refractivity contribution is -0.135. The average molecular weight is 369 g/mol. The van der Waals surface area contributed by atoms with E-state index >= 15 is 0 Å². The molecular weight excluding hydrogens is 342 g/mol. The minimum absolute atomic E-state index is 0.00193. The number of piperidine rings is 1. The van der Waals surface area contributed by atoms with E-state index in [9.17, 15) is 9.59 Å². The number of rotatable bonds is 7. The Labute approximate surface area is 159 Å². The van der Waals surface area contributed by atoms with E-state index in [0.717, 1.165) is 30.6 Å². The normalized spacial score (nSPS) is 16.9. The van der Waals surface area contributed by atoms with E-state index in [2.05, 4.69) is 10.4 Å².